The molecule has 3 fully saturated rings. The molecule has 3 aliphatic rings. The van der Waals surface area contributed by atoms with Crippen molar-refractivity contribution in [1.29, 1.82) is 0 Å². The highest BCUT2D eigenvalue weighted by molar-refractivity contribution is 7.89. The van der Waals surface area contributed by atoms with Gasteiger partial charge in [-0.15, -0.1) is 0 Å². The Balaban J connectivity index is 1.66. The minimum atomic E-state index is -3.25. The molecule has 2 saturated heterocycles. The van der Waals surface area contributed by atoms with Crippen molar-refractivity contribution >= 4 is 10.0 Å². The summed E-state index contributed by atoms with van der Waals surface area (Å²) in [4.78, 5) is 2.17. The first-order chi connectivity index (χ1) is 10.1. The molecule has 2 aliphatic heterocycles. The van der Waals surface area contributed by atoms with Crippen molar-refractivity contribution in [3.63, 3.8) is 0 Å². The fourth-order valence-corrected chi connectivity index (χ4v) is 5.86. The quantitative estimate of drug-likeness (QED) is 0.795. The maximum absolute atomic E-state index is 12.7. The molecule has 21 heavy (non-hydrogen) atoms. The molecule has 0 radical (unpaired) electrons. The first kappa shape index (κ1) is 15.7. The molecule has 0 amide bonds. The minimum Gasteiger partial charge on any atom is -0.390 e. The molecule has 0 spiro atoms. The van der Waals surface area contributed by atoms with Crippen LogP contribution in [-0.4, -0.2) is 79.5 Å². The van der Waals surface area contributed by atoms with E-state index in [0.29, 0.717) is 19.8 Å². The molecule has 6 nitrogen and oxygen atoms in total. The van der Waals surface area contributed by atoms with Gasteiger partial charge in [0.1, 0.15) is 0 Å². The molecule has 0 aromatic carbocycles. The van der Waals surface area contributed by atoms with Gasteiger partial charge >= 0.3 is 0 Å². The average Bonchev–Trinajstić information content (AvgIpc) is 2.92. The van der Waals surface area contributed by atoms with Crippen molar-refractivity contribution in [2.24, 2.45) is 0 Å². The van der Waals surface area contributed by atoms with Crippen LogP contribution in [-0.2, 0) is 14.8 Å². The highest BCUT2D eigenvalue weighted by Crippen LogP contribution is 2.29. The maximum atomic E-state index is 12.7. The molecule has 0 bridgehead atoms. The Labute approximate surface area is 127 Å². The zero-order valence-corrected chi connectivity index (χ0v) is 13.3. The van der Waals surface area contributed by atoms with Crippen LogP contribution >= 0.6 is 0 Å². The molecule has 7 heteroatoms. The predicted octanol–water partition coefficient (Wildman–Crippen LogP) is 0.0262. The summed E-state index contributed by atoms with van der Waals surface area (Å²) in [5.41, 5.74) is 0. The van der Waals surface area contributed by atoms with Crippen LogP contribution in [0.4, 0.5) is 0 Å². The fraction of sp³-hybridized carbons (Fsp3) is 1.00. The third-order valence-electron chi connectivity index (χ3n) is 5.07. The van der Waals surface area contributed by atoms with E-state index in [2.05, 4.69) is 4.90 Å². The Morgan fingerprint density at radius 1 is 1.00 bits per heavy atom. The first-order valence-electron chi connectivity index (χ1n) is 8.08. The van der Waals surface area contributed by atoms with Crippen molar-refractivity contribution in [2.75, 3.05) is 39.4 Å². The van der Waals surface area contributed by atoms with E-state index in [-0.39, 0.29) is 17.8 Å². The number of hydrogen-bond acceptors (Lipinski definition) is 5. The monoisotopic (exact) mass is 318 g/mol. The summed E-state index contributed by atoms with van der Waals surface area (Å²) in [5, 5.41) is 10.1. The number of sulfonamides is 1. The second-order valence-corrected chi connectivity index (χ2v) is 8.62. The molecule has 0 unspecified atom stereocenters. The zero-order chi connectivity index (χ0) is 14.9. The lowest BCUT2D eigenvalue weighted by molar-refractivity contribution is -0.00602. The number of aliphatic hydroxyl groups is 1. The maximum Gasteiger partial charge on any atom is 0.217 e. The van der Waals surface area contributed by atoms with Gasteiger partial charge in [0.15, 0.2) is 0 Å². The van der Waals surface area contributed by atoms with Crippen molar-refractivity contribution in [1.82, 2.24) is 9.21 Å². The number of nitrogens with zero attached hydrogens (tertiary/aromatic N) is 2. The number of hydrogen-bond donors (Lipinski definition) is 1. The summed E-state index contributed by atoms with van der Waals surface area (Å²) in [5.74, 6) is 0. The van der Waals surface area contributed by atoms with Gasteiger partial charge in [-0.2, -0.15) is 4.31 Å². The topological polar surface area (TPSA) is 70.1 Å². The standard InChI is InChI=1S/C14H26N2O4S/c17-14-11-16(10-13(14)15-6-8-20-9-7-15)21(18,19)12-4-2-1-3-5-12/h12-14,17H,1-11H2/t13-,14-/m1/s1. The number of β-amino-alcohol motifs (C(OH)–C–C–N with tert-alkyl or cyclic N) is 1. The Morgan fingerprint density at radius 2 is 1.67 bits per heavy atom. The van der Waals surface area contributed by atoms with Gasteiger partial charge in [-0.25, -0.2) is 8.42 Å². The molecule has 2 heterocycles. The lowest BCUT2D eigenvalue weighted by Crippen LogP contribution is -2.49. The van der Waals surface area contributed by atoms with E-state index in [1.165, 1.54) is 4.31 Å². The number of ether oxygens (including phenoxy) is 1. The average molecular weight is 318 g/mol. The Bertz CT molecular complexity index is 444. The van der Waals surface area contributed by atoms with Crippen LogP contribution in [0.2, 0.25) is 0 Å². The van der Waals surface area contributed by atoms with Crippen LogP contribution in [0.25, 0.3) is 0 Å². The summed E-state index contributed by atoms with van der Waals surface area (Å²) in [6, 6.07) is -0.0766. The summed E-state index contributed by atoms with van der Waals surface area (Å²) < 4.78 is 32.3. The van der Waals surface area contributed by atoms with Gasteiger partial charge in [0.2, 0.25) is 10.0 Å². The van der Waals surface area contributed by atoms with Crippen LogP contribution in [0, 0.1) is 0 Å². The Hall–Kier alpha value is -0.210. The van der Waals surface area contributed by atoms with Crippen molar-refractivity contribution < 1.29 is 18.3 Å². The van der Waals surface area contributed by atoms with Gasteiger partial charge in [-0.1, -0.05) is 19.3 Å². The lowest BCUT2D eigenvalue weighted by atomic mass is 10.0. The third-order valence-corrected chi connectivity index (χ3v) is 7.41. The molecular weight excluding hydrogens is 292 g/mol. The molecule has 0 aromatic rings. The highest BCUT2D eigenvalue weighted by Gasteiger charge is 2.43. The summed E-state index contributed by atoms with van der Waals surface area (Å²) in [7, 11) is -3.25. The van der Waals surface area contributed by atoms with Crippen LogP contribution in [0.5, 0.6) is 0 Å². The molecule has 1 N–H and O–H groups in total. The van der Waals surface area contributed by atoms with Gasteiger partial charge in [0.05, 0.1) is 30.6 Å². The second-order valence-electron chi connectivity index (χ2n) is 6.40. The molecule has 2 atom stereocenters. The van der Waals surface area contributed by atoms with Crippen molar-refractivity contribution in [3.8, 4) is 0 Å². The Morgan fingerprint density at radius 3 is 2.33 bits per heavy atom. The Kier molecular flexibility index (Phi) is 4.85. The van der Waals surface area contributed by atoms with E-state index in [0.717, 1.165) is 45.2 Å². The van der Waals surface area contributed by atoms with Crippen molar-refractivity contribution in [2.45, 2.75) is 49.5 Å². The van der Waals surface area contributed by atoms with E-state index in [1.807, 2.05) is 0 Å². The minimum absolute atomic E-state index is 0.0766. The number of morpholine rings is 1. The molecule has 1 aliphatic carbocycles. The smallest absolute Gasteiger partial charge is 0.217 e. The fourth-order valence-electron chi connectivity index (χ4n) is 3.78. The SMILES string of the molecule is O=S(=O)(C1CCCCC1)N1C[C@@H](O)[C@H](N2CCOCC2)C1. The van der Waals surface area contributed by atoms with Gasteiger partial charge in [-0.05, 0) is 12.8 Å². The molecule has 3 rings (SSSR count). The van der Waals surface area contributed by atoms with E-state index in [4.69, 9.17) is 4.74 Å². The molecule has 122 valence electrons. The number of aliphatic hydroxyl groups excluding tert-OH is 1. The summed E-state index contributed by atoms with van der Waals surface area (Å²) in [6.45, 7) is 3.57. The molecule has 0 aromatic heterocycles. The molecular formula is C14H26N2O4S. The largest absolute Gasteiger partial charge is 0.390 e. The first-order valence-corrected chi connectivity index (χ1v) is 9.58. The normalized spacial score (nSPS) is 34.3. The van der Waals surface area contributed by atoms with E-state index >= 15 is 0 Å². The number of rotatable bonds is 3. The van der Waals surface area contributed by atoms with Gasteiger partial charge in [-0.3, -0.25) is 4.90 Å². The van der Waals surface area contributed by atoms with E-state index in [9.17, 15) is 13.5 Å². The molecule has 1 saturated carbocycles. The second kappa shape index (κ2) is 6.50. The summed E-state index contributed by atoms with van der Waals surface area (Å²) in [6.07, 6.45) is 4.13. The summed E-state index contributed by atoms with van der Waals surface area (Å²) >= 11 is 0. The predicted molar refractivity (Wildman–Crippen MR) is 79.6 cm³/mol. The highest BCUT2D eigenvalue weighted by atomic mass is 32.2. The van der Waals surface area contributed by atoms with E-state index < -0.39 is 16.1 Å². The third kappa shape index (κ3) is 3.27. The van der Waals surface area contributed by atoms with Crippen LogP contribution in [0.1, 0.15) is 32.1 Å². The van der Waals surface area contributed by atoms with Gasteiger partial charge in [0, 0.05) is 26.2 Å². The van der Waals surface area contributed by atoms with Crippen LogP contribution in [0.15, 0.2) is 0 Å². The zero-order valence-electron chi connectivity index (χ0n) is 12.5. The lowest BCUT2D eigenvalue weighted by Gasteiger charge is -2.33. The van der Waals surface area contributed by atoms with E-state index in [1.54, 1.807) is 0 Å². The van der Waals surface area contributed by atoms with Gasteiger partial charge in [0.25, 0.3) is 0 Å². The van der Waals surface area contributed by atoms with Gasteiger partial charge < -0.3 is 9.84 Å². The van der Waals surface area contributed by atoms with Crippen molar-refractivity contribution in [3.05, 3.63) is 0 Å². The van der Waals surface area contributed by atoms with Crippen LogP contribution < -0.4 is 0 Å². The van der Waals surface area contributed by atoms with Crippen LogP contribution in [0.3, 0.4) is 0 Å².